The minimum Gasteiger partial charge on any atom is -0.450 e. The largest absolute Gasteiger partial charge is 0.450 e. The molecule has 0 amide bonds. The number of nitro benzene ring substituents is 2. The highest BCUT2D eigenvalue weighted by Gasteiger charge is 2.21. The highest BCUT2D eigenvalue weighted by atomic mass is 32.2. The lowest BCUT2D eigenvalue weighted by Crippen LogP contribution is -1.96. The fourth-order valence-electron chi connectivity index (χ4n) is 2.83. The molecule has 0 aliphatic heterocycles. The van der Waals surface area contributed by atoms with Crippen molar-refractivity contribution in [1.29, 1.82) is 5.26 Å². The predicted octanol–water partition coefficient (Wildman–Crippen LogP) is 6.56. The summed E-state index contributed by atoms with van der Waals surface area (Å²) in [4.78, 5) is 25.6. The summed E-state index contributed by atoms with van der Waals surface area (Å²) in [6, 6.07) is 19.6. The fourth-order valence-corrected chi connectivity index (χ4v) is 4.81. The first kappa shape index (κ1) is 21.9. The van der Waals surface area contributed by atoms with Crippen molar-refractivity contribution in [1.82, 2.24) is 4.98 Å². The van der Waals surface area contributed by atoms with Gasteiger partial charge in [0.05, 0.1) is 31.0 Å². The summed E-state index contributed by atoms with van der Waals surface area (Å²) < 4.78 is 7.36. The van der Waals surface area contributed by atoms with Gasteiger partial charge in [-0.1, -0.05) is 24.3 Å². The van der Waals surface area contributed by atoms with E-state index in [2.05, 4.69) is 11.1 Å². The normalized spacial score (nSPS) is 11.2. The Balaban J connectivity index is 1.52. The third kappa shape index (κ3) is 5.15. The highest BCUT2D eigenvalue weighted by molar-refractivity contribution is 8.05. The molecule has 0 atom stereocenters. The number of nitriles is 1. The fraction of sp³-hybridized carbons (Fsp3) is 0. The zero-order chi connectivity index (χ0) is 23.4. The van der Waals surface area contributed by atoms with Crippen molar-refractivity contribution in [2.24, 2.45) is 0 Å². The van der Waals surface area contributed by atoms with Crippen molar-refractivity contribution in [2.45, 2.75) is 4.34 Å². The maximum Gasteiger partial charge on any atom is 0.318 e. The minimum atomic E-state index is -0.738. The van der Waals surface area contributed by atoms with Gasteiger partial charge in [0.1, 0.15) is 11.8 Å². The smallest absolute Gasteiger partial charge is 0.318 e. The van der Waals surface area contributed by atoms with Crippen LogP contribution in [0.3, 0.4) is 0 Å². The van der Waals surface area contributed by atoms with Gasteiger partial charge >= 0.3 is 5.69 Å². The lowest BCUT2D eigenvalue weighted by molar-refractivity contribution is -0.394. The van der Waals surface area contributed by atoms with Crippen molar-refractivity contribution in [3.63, 3.8) is 0 Å². The van der Waals surface area contributed by atoms with E-state index >= 15 is 0 Å². The molecule has 0 unspecified atom stereocenters. The number of fused-ring (bicyclic) bond motifs is 1. The number of thioether (sulfide) groups is 1. The minimum absolute atomic E-state index is 0.113. The summed E-state index contributed by atoms with van der Waals surface area (Å²) in [6.45, 7) is 0. The molecule has 0 aliphatic carbocycles. The van der Waals surface area contributed by atoms with Crippen molar-refractivity contribution in [3.05, 3.63) is 97.4 Å². The van der Waals surface area contributed by atoms with Crippen LogP contribution in [-0.4, -0.2) is 14.8 Å². The average molecular weight is 476 g/mol. The molecular weight excluding hydrogens is 464 g/mol. The van der Waals surface area contributed by atoms with E-state index in [1.54, 1.807) is 30.3 Å². The second-order valence-corrected chi connectivity index (χ2v) is 8.83. The van der Waals surface area contributed by atoms with Crippen molar-refractivity contribution >= 4 is 50.8 Å². The molecule has 0 bridgehead atoms. The van der Waals surface area contributed by atoms with E-state index in [1.165, 1.54) is 29.2 Å². The first-order chi connectivity index (χ1) is 15.9. The van der Waals surface area contributed by atoms with E-state index in [0.29, 0.717) is 10.7 Å². The van der Waals surface area contributed by atoms with Crippen LogP contribution in [0.2, 0.25) is 0 Å². The Morgan fingerprint density at radius 3 is 2.48 bits per heavy atom. The second kappa shape index (κ2) is 9.47. The summed E-state index contributed by atoms with van der Waals surface area (Å²) in [5.74, 6) is 0.194. The molecule has 0 saturated carbocycles. The molecule has 4 aromatic rings. The van der Waals surface area contributed by atoms with Crippen LogP contribution in [0.4, 0.5) is 11.4 Å². The van der Waals surface area contributed by atoms with Crippen LogP contribution in [0.1, 0.15) is 5.56 Å². The quantitative estimate of drug-likeness (QED) is 0.127. The number of benzene rings is 3. The van der Waals surface area contributed by atoms with Crippen LogP contribution >= 0.6 is 23.1 Å². The number of rotatable bonds is 7. The number of hydrogen-bond acceptors (Lipinski definition) is 9. The van der Waals surface area contributed by atoms with Gasteiger partial charge in [-0.25, -0.2) is 4.98 Å². The van der Waals surface area contributed by atoms with Crippen molar-refractivity contribution in [3.8, 4) is 17.6 Å². The number of aromatic nitrogens is 1. The third-order valence-corrected chi connectivity index (χ3v) is 6.36. The SMILES string of the molecule is N#CC(=Cc1ccc(Oc2ccc([N+](=O)[O-])cc2[N+](=O)[O-])cc1)Sc1nc2ccccc2s1. The van der Waals surface area contributed by atoms with Gasteiger partial charge < -0.3 is 4.74 Å². The number of hydrogen-bond donors (Lipinski definition) is 0. The second-order valence-electron chi connectivity index (χ2n) is 6.51. The number of nitrogens with zero attached hydrogens (tertiary/aromatic N) is 4. The molecule has 3 aromatic carbocycles. The molecule has 1 aromatic heterocycles. The van der Waals surface area contributed by atoms with Crippen LogP contribution in [-0.2, 0) is 0 Å². The number of non-ortho nitro benzene ring substituents is 1. The molecule has 11 heteroatoms. The van der Waals surface area contributed by atoms with Crippen molar-refractivity contribution in [2.75, 3.05) is 0 Å². The van der Waals surface area contributed by atoms with E-state index in [1.807, 2.05) is 24.3 Å². The van der Waals surface area contributed by atoms with Gasteiger partial charge in [-0.3, -0.25) is 20.2 Å². The number of allylic oxidation sites excluding steroid dienone is 1. The number of thiazole rings is 1. The van der Waals surface area contributed by atoms with Crippen LogP contribution in [0.25, 0.3) is 16.3 Å². The molecule has 162 valence electrons. The molecule has 0 saturated heterocycles. The Kier molecular flexibility index (Phi) is 6.30. The molecule has 33 heavy (non-hydrogen) atoms. The monoisotopic (exact) mass is 476 g/mol. The van der Waals surface area contributed by atoms with E-state index in [9.17, 15) is 25.5 Å². The molecule has 9 nitrogen and oxygen atoms in total. The number of para-hydroxylation sites is 1. The summed E-state index contributed by atoms with van der Waals surface area (Å²) in [5.41, 5.74) is 0.700. The summed E-state index contributed by atoms with van der Waals surface area (Å²) in [5, 5.41) is 31.6. The van der Waals surface area contributed by atoms with Gasteiger partial charge in [0.2, 0.25) is 5.75 Å². The van der Waals surface area contributed by atoms with Gasteiger partial charge in [-0.2, -0.15) is 5.26 Å². The molecule has 0 fully saturated rings. The first-order valence-corrected chi connectivity index (χ1v) is 10.9. The summed E-state index contributed by atoms with van der Waals surface area (Å²) >= 11 is 2.78. The van der Waals surface area contributed by atoms with Gasteiger partial charge in [0, 0.05) is 6.07 Å². The van der Waals surface area contributed by atoms with Gasteiger partial charge in [-0.15, -0.1) is 11.3 Å². The molecule has 0 radical (unpaired) electrons. The van der Waals surface area contributed by atoms with E-state index < -0.39 is 21.2 Å². The lowest BCUT2D eigenvalue weighted by atomic mass is 10.2. The lowest BCUT2D eigenvalue weighted by Gasteiger charge is -2.06. The Morgan fingerprint density at radius 2 is 1.82 bits per heavy atom. The zero-order valence-corrected chi connectivity index (χ0v) is 18.2. The summed E-state index contributed by atoms with van der Waals surface area (Å²) in [7, 11) is 0. The highest BCUT2D eigenvalue weighted by Crippen LogP contribution is 2.36. The molecular formula is C22H12N4O5S2. The zero-order valence-electron chi connectivity index (χ0n) is 16.6. The molecule has 1 heterocycles. The molecule has 4 rings (SSSR count). The van der Waals surface area contributed by atoms with Gasteiger partial charge in [-0.05, 0) is 53.7 Å². The molecule has 0 N–H and O–H groups in total. The van der Waals surface area contributed by atoms with E-state index in [4.69, 9.17) is 4.74 Å². The summed E-state index contributed by atoms with van der Waals surface area (Å²) in [6.07, 6.45) is 1.70. The average Bonchev–Trinajstić information content (AvgIpc) is 3.22. The predicted molar refractivity (Wildman–Crippen MR) is 125 cm³/mol. The van der Waals surface area contributed by atoms with Crippen LogP contribution in [0.5, 0.6) is 11.5 Å². The molecule has 0 aliphatic rings. The van der Waals surface area contributed by atoms with Gasteiger partial charge in [0.25, 0.3) is 5.69 Å². The van der Waals surface area contributed by atoms with Gasteiger partial charge in [0.15, 0.2) is 4.34 Å². The van der Waals surface area contributed by atoms with E-state index in [0.717, 1.165) is 32.3 Å². The maximum absolute atomic E-state index is 11.3. The Labute approximate surface area is 194 Å². The Bertz CT molecular complexity index is 1410. The maximum atomic E-state index is 11.3. The van der Waals surface area contributed by atoms with Crippen LogP contribution in [0, 0.1) is 31.6 Å². The standard InChI is InChI=1S/C22H12N4O5S2/c23-13-17(32-22-24-18-3-1-2-4-21(18)33-22)11-14-5-8-16(9-6-14)31-20-10-7-15(25(27)28)12-19(20)26(29)30/h1-12H. The topological polar surface area (TPSA) is 132 Å². The van der Waals surface area contributed by atoms with Crippen molar-refractivity contribution < 1.29 is 14.6 Å². The van der Waals surface area contributed by atoms with Crippen LogP contribution in [0.15, 0.2) is 76.0 Å². The van der Waals surface area contributed by atoms with Crippen LogP contribution < -0.4 is 4.74 Å². The van der Waals surface area contributed by atoms with E-state index in [-0.39, 0.29) is 5.75 Å². The third-order valence-electron chi connectivity index (χ3n) is 4.34. The first-order valence-electron chi connectivity index (χ1n) is 9.29. The molecule has 0 spiro atoms. The Hall–Kier alpha value is -4.27. The number of ether oxygens (including phenoxy) is 1. The number of nitro groups is 2. The Morgan fingerprint density at radius 1 is 1.06 bits per heavy atom.